The van der Waals surface area contributed by atoms with Gasteiger partial charge in [-0.2, -0.15) is 0 Å². The normalized spacial score (nSPS) is 10.2. The van der Waals surface area contributed by atoms with Crippen LogP contribution in [0.15, 0.2) is 36.4 Å². The Morgan fingerprint density at radius 3 is 2.63 bits per heavy atom. The highest BCUT2D eigenvalue weighted by molar-refractivity contribution is 5.95. The van der Waals surface area contributed by atoms with Gasteiger partial charge in [0.25, 0.3) is 0 Å². The van der Waals surface area contributed by atoms with Crippen LogP contribution in [0, 0.1) is 12.7 Å². The van der Waals surface area contributed by atoms with Crippen molar-refractivity contribution in [2.75, 3.05) is 11.1 Å². The minimum Gasteiger partial charge on any atom is -0.478 e. The van der Waals surface area contributed by atoms with Crippen molar-refractivity contribution in [1.29, 1.82) is 0 Å². The predicted octanol–water partition coefficient (Wildman–Crippen LogP) is 3.16. The number of nitrogens with one attached hydrogen (secondary N) is 1. The number of aryl methyl sites for hydroxylation is 1. The molecule has 0 amide bonds. The lowest BCUT2D eigenvalue weighted by Gasteiger charge is -2.11. The summed E-state index contributed by atoms with van der Waals surface area (Å²) in [5, 5.41) is 12.0. The number of carbonyl (C=O) groups is 1. The molecule has 4 N–H and O–H groups in total. The first-order valence-electron chi connectivity index (χ1n) is 5.63. The number of aromatic carboxylic acids is 1. The van der Waals surface area contributed by atoms with Crippen LogP contribution in [0.5, 0.6) is 0 Å². The zero-order valence-electron chi connectivity index (χ0n) is 10.3. The highest BCUT2D eigenvalue weighted by atomic mass is 19.1. The summed E-state index contributed by atoms with van der Waals surface area (Å²) in [6, 6.07) is 8.97. The van der Waals surface area contributed by atoms with Crippen molar-refractivity contribution < 1.29 is 14.3 Å². The van der Waals surface area contributed by atoms with Crippen molar-refractivity contribution >= 4 is 23.0 Å². The minimum absolute atomic E-state index is 0.0322. The Balaban J connectivity index is 2.33. The van der Waals surface area contributed by atoms with Crippen molar-refractivity contribution in [2.24, 2.45) is 0 Å². The van der Waals surface area contributed by atoms with Crippen LogP contribution in [0.25, 0.3) is 0 Å². The van der Waals surface area contributed by atoms with E-state index in [0.717, 1.165) is 5.56 Å². The van der Waals surface area contributed by atoms with Gasteiger partial charge in [-0.05, 0) is 48.9 Å². The van der Waals surface area contributed by atoms with Crippen LogP contribution in [0.3, 0.4) is 0 Å². The van der Waals surface area contributed by atoms with Gasteiger partial charge >= 0.3 is 5.97 Å². The highest BCUT2D eigenvalue weighted by Crippen LogP contribution is 2.24. The highest BCUT2D eigenvalue weighted by Gasteiger charge is 2.09. The number of halogens is 1. The number of anilines is 3. The number of carboxylic acid groups (broad SMARTS) is 1. The molecule has 0 aliphatic heterocycles. The quantitative estimate of drug-likeness (QED) is 0.741. The fraction of sp³-hybridized carbons (Fsp3) is 0.0714. The van der Waals surface area contributed by atoms with Crippen molar-refractivity contribution in [3.05, 3.63) is 53.3 Å². The molecule has 0 fully saturated rings. The molecule has 0 aliphatic carbocycles. The molecule has 0 radical (unpaired) electrons. The Morgan fingerprint density at radius 1 is 1.26 bits per heavy atom. The lowest BCUT2D eigenvalue weighted by atomic mass is 10.1. The molecule has 4 nitrogen and oxygen atoms in total. The van der Waals surface area contributed by atoms with Gasteiger partial charge in [0.05, 0.1) is 5.56 Å². The number of hydrogen-bond donors (Lipinski definition) is 3. The summed E-state index contributed by atoms with van der Waals surface area (Å²) in [6.45, 7) is 1.76. The largest absolute Gasteiger partial charge is 0.478 e. The van der Waals surface area contributed by atoms with E-state index in [2.05, 4.69) is 5.32 Å². The zero-order valence-corrected chi connectivity index (χ0v) is 10.3. The zero-order chi connectivity index (χ0) is 14.0. The third-order valence-corrected chi connectivity index (χ3v) is 2.75. The van der Waals surface area contributed by atoms with E-state index in [1.807, 2.05) is 0 Å². The summed E-state index contributed by atoms with van der Waals surface area (Å²) < 4.78 is 13.0. The molecular weight excluding hydrogens is 247 g/mol. The molecule has 0 saturated heterocycles. The molecule has 2 aromatic carbocycles. The maximum absolute atomic E-state index is 13.0. The van der Waals surface area contributed by atoms with Crippen molar-refractivity contribution in [2.45, 2.75) is 6.92 Å². The van der Waals surface area contributed by atoms with Gasteiger partial charge in [0.1, 0.15) is 5.82 Å². The number of nitrogens with two attached hydrogens (primary N) is 1. The molecule has 0 heterocycles. The van der Waals surface area contributed by atoms with Gasteiger partial charge in [-0.15, -0.1) is 0 Å². The average molecular weight is 260 g/mol. The molecular formula is C14H13FN2O2. The molecule has 0 saturated carbocycles. The van der Waals surface area contributed by atoms with Crippen LogP contribution in [-0.2, 0) is 0 Å². The Kier molecular flexibility index (Phi) is 3.37. The first kappa shape index (κ1) is 12.9. The second-order valence-electron chi connectivity index (χ2n) is 4.19. The minimum atomic E-state index is -1.09. The number of nitrogen functional groups attached to an aromatic ring is 1. The molecule has 19 heavy (non-hydrogen) atoms. The standard InChI is InChI=1S/C14H13FN2O2/c1-8-6-9(15)2-5-13(8)17-10-3-4-12(16)11(7-10)14(18)19/h2-7,17H,16H2,1H3,(H,18,19). The molecule has 0 aromatic heterocycles. The van der Waals surface area contributed by atoms with Gasteiger partial charge in [0, 0.05) is 17.1 Å². The average Bonchev–Trinajstić information content (AvgIpc) is 2.34. The van der Waals surface area contributed by atoms with E-state index < -0.39 is 5.97 Å². The molecule has 2 rings (SSSR count). The number of hydrogen-bond acceptors (Lipinski definition) is 3. The first-order chi connectivity index (χ1) is 8.97. The number of rotatable bonds is 3. The fourth-order valence-corrected chi connectivity index (χ4v) is 1.74. The Hall–Kier alpha value is -2.56. The van der Waals surface area contributed by atoms with Gasteiger partial charge in [0.15, 0.2) is 0 Å². The van der Waals surface area contributed by atoms with Crippen LogP contribution in [0.2, 0.25) is 0 Å². The Morgan fingerprint density at radius 2 is 2.00 bits per heavy atom. The van der Waals surface area contributed by atoms with E-state index in [9.17, 15) is 9.18 Å². The first-order valence-corrected chi connectivity index (χ1v) is 5.63. The van der Waals surface area contributed by atoms with Crippen LogP contribution in [-0.4, -0.2) is 11.1 Å². The summed E-state index contributed by atoms with van der Waals surface area (Å²) in [4.78, 5) is 11.0. The smallest absolute Gasteiger partial charge is 0.337 e. The van der Waals surface area contributed by atoms with Gasteiger partial charge < -0.3 is 16.2 Å². The maximum Gasteiger partial charge on any atom is 0.337 e. The lowest BCUT2D eigenvalue weighted by molar-refractivity contribution is 0.0698. The number of carboxylic acids is 1. The van der Waals surface area contributed by atoms with Gasteiger partial charge in [-0.3, -0.25) is 0 Å². The van der Waals surface area contributed by atoms with Crippen LogP contribution in [0.4, 0.5) is 21.5 Å². The molecule has 0 bridgehead atoms. The molecule has 0 spiro atoms. The third kappa shape index (κ3) is 2.82. The van der Waals surface area contributed by atoms with Crippen LogP contribution >= 0.6 is 0 Å². The molecule has 0 aliphatic rings. The summed E-state index contributed by atoms with van der Waals surface area (Å²) in [7, 11) is 0. The predicted molar refractivity (Wildman–Crippen MR) is 72.2 cm³/mol. The van der Waals surface area contributed by atoms with Gasteiger partial charge in [0.2, 0.25) is 0 Å². The SMILES string of the molecule is Cc1cc(F)ccc1Nc1ccc(N)c(C(=O)O)c1. The van der Waals surface area contributed by atoms with E-state index in [-0.39, 0.29) is 17.1 Å². The maximum atomic E-state index is 13.0. The lowest BCUT2D eigenvalue weighted by Crippen LogP contribution is -2.03. The Labute approximate surface area is 109 Å². The second-order valence-corrected chi connectivity index (χ2v) is 4.19. The second kappa shape index (κ2) is 4.97. The van der Waals surface area contributed by atoms with Gasteiger partial charge in [-0.25, -0.2) is 9.18 Å². The van der Waals surface area contributed by atoms with E-state index in [4.69, 9.17) is 10.8 Å². The summed E-state index contributed by atoms with van der Waals surface area (Å²) in [6.07, 6.45) is 0. The molecule has 5 heteroatoms. The third-order valence-electron chi connectivity index (χ3n) is 2.75. The van der Waals surface area contributed by atoms with Crippen LogP contribution < -0.4 is 11.1 Å². The summed E-state index contributed by atoms with van der Waals surface area (Å²) in [5.41, 5.74) is 7.84. The summed E-state index contributed by atoms with van der Waals surface area (Å²) in [5.74, 6) is -1.40. The molecule has 0 atom stereocenters. The summed E-state index contributed by atoms with van der Waals surface area (Å²) >= 11 is 0. The van der Waals surface area contributed by atoms with Gasteiger partial charge in [-0.1, -0.05) is 0 Å². The van der Waals surface area contributed by atoms with E-state index in [1.54, 1.807) is 19.1 Å². The van der Waals surface area contributed by atoms with Crippen molar-refractivity contribution in [3.8, 4) is 0 Å². The van der Waals surface area contributed by atoms with Crippen molar-refractivity contribution in [1.82, 2.24) is 0 Å². The Bertz CT molecular complexity index is 641. The van der Waals surface area contributed by atoms with Crippen LogP contribution in [0.1, 0.15) is 15.9 Å². The fourth-order valence-electron chi connectivity index (χ4n) is 1.74. The molecule has 2 aromatic rings. The monoisotopic (exact) mass is 260 g/mol. The van der Waals surface area contributed by atoms with E-state index in [1.165, 1.54) is 24.3 Å². The molecule has 0 unspecified atom stereocenters. The van der Waals surface area contributed by atoms with E-state index >= 15 is 0 Å². The van der Waals surface area contributed by atoms with E-state index in [0.29, 0.717) is 11.4 Å². The molecule has 98 valence electrons. The topological polar surface area (TPSA) is 75.3 Å². The number of benzene rings is 2. The van der Waals surface area contributed by atoms with Crippen molar-refractivity contribution in [3.63, 3.8) is 0 Å².